The van der Waals surface area contributed by atoms with Crippen LogP contribution in [0.2, 0.25) is 0 Å². The van der Waals surface area contributed by atoms with Crippen LogP contribution in [0.4, 0.5) is 8.78 Å². The van der Waals surface area contributed by atoms with E-state index in [-0.39, 0.29) is 24.2 Å². The highest BCUT2D eigenvalue weighted by Crippen LogP contribution is 2.27. The standard InChI is InChI=1S/C19H19F2N3O2/c1-12(11-22-18(25)13-7-9-14(26-2)10-8-13)17-23-15-5-3-4-6-16(15)24(17)19(20)21/h3-10,12,19H,11H2,1-2H3,(H,22,25). The number of nitrogens with one attached hydrogen (secondary N) is 1. The first kappa shape index (κ1) is 17.8. The summed E-state index contributed by atoms with van der Waals surface area (Å²) >= 11 is 0. The summed E-state index contributed by atoms with van der Waals surface area (Å²) in [5, 5.41) is 2.77. The average Bonchev–Trinajstić information content (AvgIpc) is 3.05. The van der Waals surface area contributed by atoms with Crippen molar-refractivity contribution in [3.05, 3.63) is 59.9 Å². The summed E-state index contributed by atoms with van der Waals surface area (Å²) in [6.45, 7) is -0.743. The number of methoxy groups -OCH3 is 1. The van der Waals surface area contributed by atoms with E-state index in [0.29, 0.717) is 22.3 Å². The van der Waals surface area contributed by atoms with Gasteiger partial charge in [-0.25, -0.2) is 4.98 Å². The highest BCUT2D eigenvalue weighted by Gasteiger charge is 2.22. The number of halogens is 2. The maximum atomic E-state index is 13.5. The van der Waals surface area contributed by atoms with Crippen LogP contribution in [-0.2, 0) is 0 Å². The molecule has 0 spiro atoms. The molecule has 3 rings (SSSR count). The molecule has 1 atom stereocenters. The molecule has 3 aromatic rings. The summed E-state index contributed by atoms with van der Waals surface area (Å²) < 4.78 is 33.0. The zero-order valence-corrected chi connectivity index (χ0v) is 14.4. The number of benzene rings is 2. The van der Waals surface area contributed by atoms with Gasteiger partial charge < -0.3 is 10.1 Å². The van der Waals surface area contributed by atoms with Crippen molar-refractivity contribution in [3.8, 4) is 5.75 Å². The summed E-state index contributed by atoms with van der Waals surface area (Å²) in [4.78, 5) is 16.6. The minimum Gasteiger partial charge on any atom is -0.497 e. The Hall–Kier alpha value is -2.96. The molecule has 0 bridgehead atoms. The minimum absolute atomic E-state index is 0.195. The molecule has 0 saturated heterocycles. The van der Waals surface area contributed by atoms with Crippen LogP contribution in [0.15, 0.2) is 48.5 Å². The van der Waals surface area contributed by atoms with E-state index in [9.17, 15) is 13.6 Å². The van der Waals surface area contributed by atoms with Gasteiger partial charge in [-0.3, -0.25) is 9.36 Å². The average molecular weight is 359 g/mol. The maximum absolute atomic E-state index is 13.5. The highest BCUT2D eigenvalue weighted by molar-refractivity contribution is 5.94. The van der Waals surface area contributed by atoms with Crippen LogP contribution >= 0.6 is 0 Å². The van der Waals surface area contributed by atoms with Gasteiger partial charge in [-0.05, 0) is 36.4 Å². The third-order valence-corrected chi connectivity index (χ3v) is 4.18. The zero-order valence-electron chi connectivity index (χ0n) is 14.4. The summed E-state index contributed by atoms with van der Waals surface area (Å²) in [7, 11) is 1.55. The number of carbonyl (C=O) groups excluding carboxylic acids is 1. The molecular weight excluding hydrogens is 340 g/mol. The largest absolute Gasteiger partial charge is 0.497 e. The van der Waals surface area contributed by atoms with E-state index in [4.69, 9.17) is 4.74 Å². The summed E-state index contributed by atoms with van der Waals surface area (Å²) in [5.74, 6) is 0.245. The van der Waals surface area contributed by atoms with Crippen LogP contribution in [-0.4, -0.2) is 29.1 Å². The molecule has 5 nitrogen and oxygen atoms in total. The summed E-state index contributed by atoms with van der Waals surface area (Å²) in [6, 6.07) is 13.4. The first-order chi connectivity index (χ1) is 12.5. The molecule has 136 valence electrons. The van der Waals surface area contributed by atoms with Crippen LogP contribution in [0.1, 0.15) is 35.6 Å². The predicted molar refractivity (Wildman–Crippen MR) is 94.7 cm³/mol. The molecule has 1 heterocycles. The molecule has 1 N–H and O–H groups in total. The van der Waals surface area contributed by atoms with Crippen LogP contribution in [0, 0.1) is 0 Å². The Morgan fingerprint density at radius 2 is 1.88 bits per heavy atom. The molecule has 1 aromatic heterocycles. The number of hydrogen-bond donors (Lipinski definition) is 1. The van der Waals surface area contributed by atoms with Crippen molar-refractivity contribution in [1.82, 2.24) is 14.9 Å². The molecule has 0 aliphatic rings. The number of fused-ring (bicyclic) bond motifs is 1. The Labute approximate surface area is 149 Å². The van der Waals surface area contributed by atoms with Crippen molar-refractivity contribution in [2.75, 3.05) is 13.7 Å². The molecule has 1 unspecified atom stereocenters. The first-order valence-electron chi connectivity index (χ1n) is 8.18. The number of amides is 1. The quantitative estimate of drug-likeness (QED) is 0.724. The van der Waals surface area contributed by atoms with E-state index in [1.54, 1.807) is 62.6 Å². The number of rotatable bonds is 6. The monoisotopic (exact) mass is 359 g/mol. The molecule has 26 heavy (non-hydrogen) atoms. The number of alkyl halides is 2. The van der Waals surface area contributed by atoms with E-state index in [1.165, 1.54) is 0 Å². The third-order valence-electron chi connectivity index (χ3n) is 4.18. The lowest BCUT2D eigenvalue weighted by Crippen LogP contribution is -2.28. The van der Waals surface area contributed by atoms with E-state index in [2.05, 4.69) is 10.3 Å². The van der Waals surface area contributed by atoms with Gasteiger partial charge in [-0.15, -0.1) is 0 Å². The van der Waals surface area contributed by atoms with E-state index in [1.807, 2.05) is 0 Å². The molecule has 0 fully saturated rings. The van der Waals surface area contributed by atoms with Crippen molar-refractivity contribution in [2.24, 2.45) is 0 Å². The van der Waals surface area contributed by atoms with Crippen molar-refractivity contribution < 1.29 is 18.3 Å². The number of aromatic nitrogens is 2. The van der Waals surface area contributed by atoms with Gasteiger partial charge >= 0.3 is 6.55 Å². The first-order valence-corrected chi connectivity index (χ1v) is 8.18. The van der Waals surface area contributed by atoms with Gasteiger partial charge in [-0.2, -0.15) is 8.78 Å². The third kappa shape index (κ3) is 3.51. The second kappa shape index (κ2) is 7.51. The maximum Gasteiger partial charge on any atom is 0.320 e. The number of imidazole rings is 1. The molecule has 1 amide bonds. The molecule has 0 saturated carbocycles. The number of hydrogen-bond acceptors (Lipinski definition) is 3. The van der Waals surface area contributed by atoms with Gasteiger partial charge in [0.15, 0.2) is 0 Å². The number of nitrogens with zero attached hydrogens (tertiary/aromatic N) is 2. The fourth-order valence-corrected chi connectivity index (χ4v) is 2.80. The van der Waals surface area contributed by atoms with Crippen LogP contribution in [0.3, 0.4) is 0 Å². The zero-order chi connectivity index (χ0) is 18.7. The smallest absolute Gasteiger partial charge is 0.320 e. The normalized spacial score (nSPS) is 12.3. The summed E-state index contributed by atoms with van der Waals surface area (Å²) in [6.07, 6.45) is 0. The van der Waals surface area contributed by atoms with Crippen molar-refractivity contribution >= 4 is 16.9 Å². The number of para-hydroxylation sites is 2. The van der Waals surface area contributed by atoms with Crippen molar-refractivity contribution in [2.45, 2.75) is 19.4 Å². The second-order valence-electron chi connectivity index (χ2n) is 5.95. The number of carbonyl (C=O) groups is 1. The molecular formula is C19H19F2N3O2. The van der Waals surface area contributed by atoms with Gasteiger partial charge in [0.05, 0.1) is 18.1 Å². The predicted octanol–water partition coefficient (Wildman–Crippen LogP) is 3.97. The fourth-order valence-electron chi connectivity index (χ4n) is 2.80. The van der Waals surface area contributed by atoms with Crippen LogP contribution in [0.5, 0.6) is 5.75 Å². The highest BCUT2D eigenvalue weighted by atomic mass is 19.3. The molecule has 0 aliphatic carbocycles. The van der Waals surface area contributed by atoms with Gasteiger partial charge in [0.25, 0.3) is 5.91 Å². The topological polar surface area (TPSA) is 56.1 Å². The van der Waals surface area contributed by atoms with E-state index in [0.717, 1.165) is 4.57 Å². The van der Waals surface area contributed by atoms with E-state index < -0.39 is 6.55 Å². The Morgan fingerprint density at radius 3 is 2.54 bits per heavy atom. The van der Waals surface area contributed by atoms with Crippen LogP contribution in [0.25, 0.3) is 11.0 Å². The van der Waals surface area contributed by atoms with Crippen molar-refractivity contribution in [3.63, 3.8) is 0 Å². The van der Waals surface area contributed by atoms with E-state index >= 15 is 0 Å². The minimum atomic E-state index is -2.70. The van der Waals surface area contributed by atoms with Gasteiger partial charge in [0.1, 0.15) is 11.6 Å². The van der Waals surface area contributed by atoms with Crippen molar-refractivity contribution in [1.29, 1.82) is 0 Å². The van der Waals surface area contributed by atoms with Gasteiger partial charge in [-0.1, -0.05) is 19.1 Å². The molecule has 7 heteroatoms. The van der Waals surface area contributed by atoms with Gasteiger partial charge in [0, 0.05) is 18.0 Å². The SMILES string of the molecule is COc1ccc(C(=O)NCC(C)c2nc3ccccc3n2C(F)F)cc1. The Kier molecular flexibility index (Phi) is 5.16. The lowest BCUT2D eigenvalue weighted by Gasteiger charge is -2.15. The molecule has 0 aliphatic heterocycles. The second-order valence-corrected chi connectivity index (χ2v) is 5.95. The lowest BCUT2D eigenvalue weighted by molar-refractivity contribution is 0.0704. The summed E-state index contributed by atoms with van der Waals surface area (Å²) in [5.41, 5.74) is 1.36. The molecule has 0 radical (unpaired) electrons. The lowest BCUT2D eigenvalue weighted by atomic mass is 10.1. The number of ether oxygens (including phenoxy) is 1. The Morgan fingerprint density at radius 1 is 1.19 bits per heavy atom. The molecule has 2 aromatic carbocycles. The Bertz CT molecular complexity index is 907. The Balaban J connectivity index is 1.75. The van der Waals surface area contributed by atoms with Crippen LogP contribution < -0.4 is 10.1 Å². The van der Waals surface area contributed by atoms with Gasteiger partial charge in [0.2, 0.25) is 0 Å². The fraction of sp³-hybridized carbons (Fsp3) is 0.263.